The third kappa shape index (κ3) is 2.92. The minimum atomic E-state index is -0.536. The van der Waals surface area contributed by atoms with Crippen LogP contribution in [0.5, 0.6) is 0 Å². The smallest absolute Gasteiger partial charge is 0.257 e. The van der Waals surface area contributed by atoms with Crippen molar-refractivity contribution < 1.29 is 9.18 Å². The molecule has 0 saturated carbocycles. The maximum absolute atomic E-state index is 13.0. The van der Waals surface area contributed by atoms with Crippen molar-refractivity contribution in [1.82, 2.24) is 4.98 Å². The summed E-state index contributed by atoms with van der Waals surface area (Å²) in [5.41, 5.74) is 1.85. The second-order valence-electron chi connectivity index (χ2n) is 3.83. The summed E-state index contributed by atoms with van der Waals surface area (Å²) in [6.45, 7) is 1.92. The number of aryl methyl sites for hydroxylation is 1. The van der Waals surface area contributed by atoms with Gasteiger partial charge in [-0.2, -0.15) is 0 Å². The van der Waals surface area contributed by atoms with Gasteiger partial charge in [-0.05, 0) is 46.6 Å². The van der Waals surface area contributed by atoms with Crippen LogP contribution >= 0.6 is 15.9 Å². The first-order valence-electron chi connectivity index (χ1n) is 5.24. The first-order chi connectivity index (χ1) is 8.56. The van der Waals surface area contributed by atoms with Gasteiger partial charge >= 0.3 is 0 Å². The lowest BCUT2D eigenvalue weighted by Gasteiger charge is -2.08. The predicted octanol–water partition coefficient (Wildman–Crippen LogP) is 3.54. The number of nitrogens with zero attached hydrogens (tertiary/aromatic N) is 1. The summed E-state index contributed by atoms with van der Waals surface area (Å²) in [5.74, 6) is -0.931. The van der Waals surface area contributed by atoms with Gasteiger partial charge in [-0.3, -0.25) is 9.78 Å². The van der Waals surface area contributed by atoms with Crippen molar-refractivity contribution in [2.75, 3.05) is 5.32 Å². The molecule has 1 heterocycles. The number of aromatic nitrogens is 1. The zero-order valence-electron chi connectivity index (χ0n) is 9.58. The Kier molecular flexibility index (Phi) is 3.72. The van der Waals surface area contributed by atoms with E-state index in [0.717, 1.165) is 22.3 Å². The molecule has 0 aliphatic rings. The van der Waals surface area contributed by atoms with Gasteiger partial charge in [0.1, 0.15) is 5.82 Å². The standard InChI is InChI=1S/C13H10BrFN2O/c1-8-2-3-11(14)12(4-8)17-13(18)9-5-10(15)7-16-6-9/h2-7H,1H3,(H,17,18). The Labute approximate surface area is 112 Å². The predicted molar refractivity (Wildman–Crippen MR) is 71.0 cm³/mol. The largest absolute Gasteiger partial charge is 0.321 e. The van der Waals surface area contributed by atoms with Crippen LogP contribution in [-0.2, 0) is 0 Å². The number of carbonyl (C=O) groups excluding carboxylic acids is 1. The molecule has 0 unspecified atom stereocenters. The number of carbonyl (C=O) groups is 1. The molecule has 1 aromatic heterocycles. The molecule has 0 spiro atoms. The molecule has 0 atom stereocenters. The number of halogens is 2. The van der Waals surface area contributed by atoms with Crippen LogP contribution in [0.1, 0.15) is 15.9 Å². The molecule has 5 heteroatoms. The summed E-state index contributed by atoms with van der Waals surface area (Å²) < 4.78 is 13.7. The number of nitrogens with one attached hydrogen (secondary N) is 1. The van der Waals surface area contributed by atoms with E-state index in [1.807, 2.05) is 25.1 Å². The van der Waals surface area contributed by atoms with Crippen LogP contribution in [0, 0.1) is 12.7 Å². The second-order valence-corrected chi connectivity index (χ2v) is 4.68. The van der Waals surface area contributed by atoms with Crippen LogP contribution in [0.15, 0.2) is 41.1 Å². The Hall–Kier alpha value is -1.75. The monoisotopic (exact) mass is 308 g/mol. The fraction of sp³-hybridized carbons (Fsp3) is 0.0769. The van der Waals surface area contributed by atoms with Crippen molar-refractivity contribution in [3.05, 3.63) is 58.1 Å². The van der Waals surface area contributed by atoms with E-state index in [4.69, 9.17) is 0 Å². The van der Waals surface area contributed by atoms with Crippen LogP contribution in [0.25, 0.3) is 0 Å². The molecule has 92 valence electrons. The van der Waals surface area contributed by atoms with Gasteiger partial charge in [-0.1, -0.05) is 6.07 Å². The molecule has 2 rings (SSSR count). The zero-order chi connectivity index (χ0) is 13.1. The van der Waals surface area contributed by atoms with Gasteiger partial charge in [0, 0.05) is 10.7 Å². The third-order valence-corrected chi connectivity index (χ3v) is 3.03. The number of benzene rings is 1. The summed E-state index contributed by atoms with van der Waals surface area (Å²) in [6, 6.07) is 6.74. The van der Waals surface area contributed by atoms with Crippen molar-refractivity contribution in [3.8, 4) is 0 Å². The van der Waals surface area contributed by atoms with Crippen molar-refractivity contribution >= 4 is 27.5 Å². The molecule has 2 aromatic rings. The zero-order valence-corrected chi connectivity index (χ0v) is 11.2. The molecule has 3 nitrogen and oxygen atoms in total. The lowest BCUT2D eigenvalue weighted by Crippen LogP contribution is -2.13. The van der Waals surface area contributed by atoms with E-state index in [2.05, 4.69) is 26.2 Å². The Morgan fingerprint density at radius 1 is 1.33 bits per heavy atom. The van der Waals surface area contributed by atoms with Crippen molar-refractivity contribution in [2.24, 2.45) is 0 Å². The summed E-state index contributed by atoms with van der Waals surface area (Å²) in [5, 5.41) is 2.70. The normalized spacial score (nSPS) is 10.2. The maximum atomic E-state index is 13.0. The third-order valence-electron chi connectivity index (χ3n) is 2.34. The summed E-state index contributed by atoms with van der Waals surface area (Å²) >= 11 is 3.34. The SMILES string of the molecule is Cc1ccc(Br)c(NC(=O)c2cncc(F)c2)c1. The van der Waals surface area contributed by atoms with E-state index in [1.165, 1.54) is 6.20 Å². The highest BCUT2D eigenvalue weighted by molar-refractivity contribution is 9.10. The topological polar surface area (TPSA) is 42.0 Å². The Bertz CT molecular complexity index is 601. The molecular formula is C13H10BrFN2O. The highest BCUT2D eigenvalue weighted by Crippen LogP contribution is 2.23. The molecule has 0 saturated heterocycles. The van der Waals surface area contributed by atoms with Gasteiger partial charge in [-0.15, -0.1) is 0 Å². The molecule has 0 fully saturated rings. The molecule has 18 heavy (non-hydrogen) atoms. The first-order valence-corrected chi connectivity index (χ1v) is 6.03. The van der Waals surface area contributed by atoms with E-state index in [0.29, 0.717) is 5.69 Å². The van der Waals surface area contributed by atoms with Crippen LogP contribution in [0.2, 0.25) is 0 Å². The number of pyridine rings is 1. The minimum Gasteiger partial charge on any atom is -0.321 e. The summed E-state index contributed by atoms with van der Waals surface area (Å²) in [4.78, 5) is 15.5. The molecule has 0 aliphatic heterocycles. The van der Waals surface area contributed by atoms with Crippen molar-refractivity contribution in [2.45, 2.75) is 6.92 Å². The fourth-order valence-electron chi connectivity index (χ4n) is 1.47. The minimum absolute atomic E-state index is 0.184. The van der Waals surface area contributed by atoms with Crippen LogP contribution in [-0.4, -0.2) is 10.9 Å². The Morgan fingerprint density at radius 2 is 2.11 bits per heavy atom. The van der Waals surface area contributed by atoms with Gasteiger partial charge in [0.2, 0.25) is 0 Å². The number of anilines is 1. The molecule has 0 bridgehead atoms. The average Bonchev–Trinajstić information content (AvgIpc) is 2.34. The highest BCUT2D eigenvalue weighted by atomic mass is 79.9. The average molecular weight is 309 g/mol. The van der Waals surface area contributed by atoms with Gasteiger partial charge in [-0.25, -0.2) is 4.39 Å². The number of rotatable bonds is 2. The van der Waals surface area contributed by atoms with E-state index >= 15 is 0 Å². The van der Waals surface area contributed by atoms with Gasteiger partial charge in [0.15, 0.2) is 0 Å². The van der Waals surface area contributed by atoms with Crippen LogP contribution < -0.4 is 5.32 Å². The summed E-state index contributed by atoms with van der Waals surface area (Å²) in [7, 11) is 0. The van der Waals surface area contributed by atoms with E-state index in [1.54, 1.807) is 0 Å². The van der Waals surface area contributed by atoms with Gasteiger partial charge < -0.3 is 5.32 Å². The fourth-order valence-corrected chi connectivity index (χ4v) is 1.81. The first kappa shape index (κ1) is 12.7. The molecule has 0 aliphatic carbocycles. The Balaban J connectivity index is 2.24. The number of amides is 1. The van der Waals surface area contributed by atoms with Crippen LogP contribution in [0.4, 0.5) is 10.1 Å². The lowest BCUT2D eigenvalue weighted by molar-refractivity contribution is 0.102. The maximum Gasteiger partial charge on any atom is 0.257 e. The van der Waals surface area contributed by atoms with E-state index < -0.39 is 11.7 Å². The quantitative estimate of drug-likeness (QED) is 0.922. The van der Waals surface area contributed by atoms with E-state index in [-0.39, 0.29) is 5.56 Å². The highest BCUT2D eigenvalue weighted by Gasteiger charge is 2.09. The molecular weight excluding hydrogens is 299 g/mol. The lowest BCUT2D eigenvalue weighted by atomic mass is 10.2. The molecule has 0 radical (unpaired) electrons. The van der Waals surface area contributed by atoms with Crippen molar-refractivity contribution in [1.29, 1.82) is 0 Å². The number of hydrogen-bond donors (Lipinski definition) is 1. The van der Waals surface area contributed by atoms with Crippen LogP contribution in [0.3, 0.4) is 0 Å². The molecule has 1 N–H and O–H groups in total. The molecule has 1 aromatic carbocycles. The van der Waals surface area contributed by atoms with Gasteiger partial charge in [0.05, 0.1) is 17.4 Å². The molecule has 1 amide bonds. The van der Waals surface area contributed by atoms with Gasteiger partial charge in [0.25, 0.3) is 5.91 Å². The van der Waals surface area contributed by atoms with E-state index in [9.17, 15) is 9.18 Å². The second kappa shape index (κ2) is 5.27. The Morgan fingerprint density at radius 3 is 2.83 bits per heavy atom. The number of hydrogen-bond acceptors (Lipinski definition) is 2. The van der Waals surface area contributed by atoms with Crippen molar-refractivity contribution in [3.63, 3.8) is 0 Å². The summed E-state index contributed by atoms with van der Waals surface area (Å²) in [6.07, 6.45) is 2.38.